The van der Waals surface area contributed by atoms with Gasteiger partial charge in [0.25, 0.3) is 0 Å². The minimum Gasteiger partial charge on any atom is -0.313 e. The molecule has 0 radical (unpaired) electrons. The highest BCUT2D eigenvalue weighted by Gasteiger charge is 2.38. The zero-order chi connectivity index (χ0) is 16.0. The first-order chi connectivity index (χ1) is 9.85. The van der Waals surface area contributed by atoms with Crippen molar-refractivity contribution in [3.05, 3.63) is 0 Å². The van der Waals surface area contributed by atoms with Crippen molar-refractivity contribution >= 4 is 0 Å². The number of rotatable bonds is 8. The van der Waals surface area contributed by atoms with E-state index in [0.29, 0.717) is 11.5 Å². The van der Waals surface area contributed by atoms with E-state index < -0.39 is 0 Å². The van der Waals surface area contributed by atoms with Crippen LogP contribution < -0.4 is 5.32 Å². The van der Waals surface area contributed by atoms with Crippen LogP contribution >= 0.6 is 0 Å². The molecule has 0 aromatic rings. The molecule has 0 amide bonds. The fourth-order valence-corrected chi connectivity index (χ4v) is 4.02. The number of nitrogens with one attached hydrogen (secondary N) is 1. The van der Waals surface area contributed by atoms with E-state index in [9.17, 15) is 0 Å². The monoisotopic (exact) mass is 296 g/mol. The second kappa shape index (κ2) is 8.53. The third-order valence-electron chi connectivity index (χ3n) is 5.77. The molecule has 3 unspecified atom stereocenters. The quantitative estimate of drug-likeness (QED) is 0.707. The molecule has 0 aliphatic heterocycles. The van der Waals surface area contributed by atoms with E-state index in [1.54, 1.807) is 0 Å². The molecule has 0 aromatic heterocycles. The lowest BCUT2D eigenvalue weighted by Crippen LogP contribution is -2.55. The molecule has 0 bridgehead atoms. The molecule has 1 saturated carbocycles. The van der Waals surface area contributed by atoms with Crippen LogP contribution in [0.5, 0.6) is 0 Å². The molecule has 2 nitrogen and oxygen atoms in total. The van der Waals surface area contributed by atoms with Gasteiger partial charge in [0.15, 0.2) is 0 Å². The molecule has 2 heteroatoms. The average molecular weight is 297 g/mol. The van der Waals surface area contributed by atoms with E-state index in [-0.39, 0.29) is 0 Å². The second-order valence-corrected chi connectivity index (χ2v) is 8.07. The molecule has 3 atom stereocenters. The summed E-state index contributed by atoms with van der Waals surface area (Å²) >= 11 is 0. The number of nitrogens with zero attached hydrogens (tertiary/aromatic N) is 1. The Labute approximate surface area is 134 Å². The van der Waals surface area contributed by atoms with Crippen molar-refractivity contribution in [1.29, 1.82) is 0 Å². The van der Waals surface area contributed by atoms with Gasteiger partial charge in [-0.1, -0.05) is 54.9 Å². The van der Waals surface area contributed by atoms with Crippen molar-refractivity contribution in [3.63, 3.8) is 0 Å². The lowest BCUT2D eigenvalue weighted by Gasteiger charge is -2.47. The molecule has 0 heterocycles. The Hall–Kier alpha value is -0.0800. The predicted molar refractivity (Wildman–Crippen MR) is 94.8 cm³/mol. The van der Waals surface area contributed by atoms with Crippen LogP contribution in [0, 0.1) is 17.3 Å². The molecule has 0 saturated heterocycles. The van der Waals surface area contributed by atoms with Gasteiger partial charge < -0.3 is 5.32 Å². The Bertz CT molecular complexity index is 285. The first kappa shape index (κ1) is 19.0. The van der Waals surface area contributed by atoms with Gasteiger partial charge in [0.2, 0.25) is 0 Å². The highest BCUT2D eigenvalue weighted by atomic mass is 15.2. The van der Waals surface area contributed by atoms with Gasteiger partial charge in [-0.2, -0.15) is 0 Å². The summed E-state index contributed by atoms with van der Waals surface area (Å²) in [6, 6.07) is 1.42. The maximum Gasteiger partial charge on any atom is 0.0252 e. The van der Waals surface area contributed by atoms with Crippen LogP contribution in [0.2, 0.25) is 0 Å². The summed E-state index contributed by atoms with van der Waals surface area (Å²) in [6.07, 6.45) is 5.42. The molecule has 1 aliphatic rings. The smallest absolute Gasteiger partial charge is 0.0252 e. The van der Waals surface area contributed by atoms with Gasteiger partial charge in [0.05, 0.1) is 0 Å². The van der Waals surface area contributed by atoms with Crippen molar-refractivity contribution in [2.75, 3.05) is 19.6 Å². The van der Waals surface area contributed by atoms with E-state index in [2.05, 4.69) is 58.7 Å². The second-order valence-electron chi connectivity index (χ2n) is 8.07. The van der Waals surface area contributed by atoms with Gasteiger partial charge in [-0.25, -0.2) is 0 Å². The topological polar surface area (TPSA) is 15.3 Å². The van der Waals surface area contributed by atoms with Crippen LogP contribution in [-0.4, -0.2) is 36.6 Å². The minimum atomic E-state index is 0.493. The zero-order valence-electron chi connectivity index (χ0n) is 15.7. The van der Waals surface area contributed by atoms with Gasteiger partial charge in [-0.15, -0.1) is 0 Å². The zero-order valence-corrected chi connectivity index (χ0v) is 15.7. The van der Waals surface area contributed by atoms with Gasteiger partial charge in [-0.05, 0) is 49.6 Å². The molecule has 126 valence electrons. The number of likely N-dealkylation sites (N-methyl/N-ethyl adjacent to an activating group) is 2. The normalized spacial score (nSPS) is 27.6. The summed E-state index contributed by atoms with van der Waals surface area (Å²) in [5.74, 6) is 1.63. The molecule has 0 aromatic carbocycles. The Morgan fingerprint density at radius 3 is 2.29 bits per heavy atom. The van der Waals surface area contributed by atoms with E-state index in [0.717, 1.165) is 24.4 Å². The maximum absolute atomic E-state index is 3.77. The predicted octanol–water partition coefficient (Wildman–Crippen LogP) is 4.55. The fourth-order valence-electron chi connectivity index (χ4n) is 4.02. The van der Waals surface area contributed by atoms with Gasteiger partial charge in [0.1, 0.15) is 0 Å². The van der Waals surface area contributed by atoms with Gasteiger partial charge in [-0.3, -0.25) is 4.90 Å². The maximum atomic E-state index is 3.77. The van der Waals surface area contributed by atoms with E-state index in [1.165, 1.54) is 38.8 Å². The van der Waals surface area contributed by atoms with Crippen LogP contribution in [-0.2, 0) is 0 Å². The van der Waals surface area contributed by atoms with Crippen LogP contribution in [0.1, 0.15) is 74.1 Å². The van der Waals surface area contributed by atoms with Crippen LogP contribution in [0.15, 0.2) is 0 Å². The molecule has 0 spiro atoms. The Morgan fingerprint density at radius 1 is 1.14 bits per heavy atom. The van der Waals surface area contributed by atoms with E-state index in [4.69, 9.17) is 0 Å². The Kier molecular flexibility index (Phi) is 7.70. The van der Waals surface area contributed by atoms with Crippen LogP contribution in [0.3, 0.4) is 0 Å². The van der Waals surface area contributed by atoms with Crippen LogP contribution in [0.4, 0.5) is 0 Å². The first-order valence-electron chi connectivity index (χ1n) is 9.33. The van der Waals surface area contributed by atoms with Crippen LogP contribution in [0.25, 0.3) is 0 Å². The summed E-state index contributed by atoms with van der Waals surface area (Å²) < 4.78 is 0. The van der Waals surface area contributed by atoms with Crippen molar-refractivity contribution < 1.29 is 0 Å². The molecule has 1 N–H and O–H groups in total. The Morgan fingerprint density at radius 2 is 1.81 bits per heavy atom. The van der Waals surface area contributed by atoms with Gasteiger partial charge >= 0.3 is 0 Å². The highest BCUT2D eigenvalue weighted by molar-refractivity contribution is 4.94. The van der Waals surface area contributed by atoms with Crippen molar-refractivity contribution in [3.8, 4) is 0 Å². The average Bonchev–Trinajstić information content (AvgIpc) is 2.45. The molecular formula is C19H40N2. The summed E-state index contributed by atoms with van der Waals surface area (Å²) in [4.78, 5) is 2.75. The van der Waals surface area contributed by atoms with E-state index >= 15 is 0 Å². The first-order valence-corrected chi connectivity index (χ1v) is 9.33. The fraction of sp³-hybridized carbons (Fsp3) is 1.00. The minimum absolute atomic E-state index is 0.493. The molecule has 21 heavy (non-hydrogen) atoms. The standard InChI is InChI=1S/C19H40N2/c1-8-19(6,7)16-11-12-17(20-9-2)18(13-16)21(10-3)14-15(4)5/h15-18,20H,8-14H2,1-7H3. The van der Waals surface area contributed by atoms with Crippen molar-refractivity contribution in [2.24, 2.45) is 17.3 Å². The van der Waals surface area contributed by atoms with Crippen molar-refractivity contribution in [2.45, 2.75) is 86.2 Å². The lowest BCUT2D eigenvalue weighted by atomic mass is 9.67. The lowest BCUT2D eigenvalue weighted by molar-refractivity contribution is 0.0471. The highest BCUT2D eigenvalue weighted by Crippen LogP contribution is 2.41. The summed E-state index contributed by atoms with van der Waals surface area (Å²) in [6.45, 7) is 20.1. The largest absolute Gasteiger partial charge is 0.313 e. The summed E-state index contributed by atoms with van der Waals surface area (Å²) in [7, 11) is 0. The molecular weight excluding hydrogens is 256 g/mol. The number of hydrogen-bond acceptors (Lipinski definition) is 2. The Balaban J connectivity index is 2.84. The SMILES string of the molecule is CCNC1CCC(C(C)(C)CC)CC1N(CC)CC(C)C. The third-order valence-corrected chi connectivity index (χ3v) is 5.77. The summed E-state index contributed by atoms with van der Waals surface area (Å²) in [5.41, 5.74) is 0.493. The van der Waals surface area contributed by atoms with Gasteiger partial charge in [0, 0.05) is 18.6 Å². The number of hydrogen-bond donors (Lipinski definition) is 1. The molecule has 1 aliphatic carbocycles. The third kappa shape index (κ3) is 5.25. The summed E-state index contributed by atoms with van der Waals surface area (Å²) in [5, 5.41) is 3.77. The molecule has 1 fully saturated rings. The van der Waals surface area contributed by atoms with E-state index in [1.807, 2.05) is 0 Å². The van der Waals surface area contributed by atoms with Crippen molar-refractivity contribution in [1.82, 2.24) is 10.2 Å². The molecule has 1 rings (SSSR count).